The van der Waals surface area contributed by atoms with E-state index in [1.165, 1.54) is 44.6 Å². The van der Waals surface area contributed by atoms with Crippen LogP contribution >= 0.6 is 0 Å². The highest BCUT2D eigenvalue weighted by Crippen LogP contribution is 2.25. The third-order valence-electron chi connectivity index (χ3n) is 4.88. The van der Waals surface area contributed by atoms with E-state index in [9.17, 15) is 14.9 Å². The molecular weight excluding hydrogens is 360 g/mol. The Morgan fingerprint density at radius 1 is 1.11 bits per heavy atom. The van der Waals surface area contributed by atoms with E-state index in [-0.39, 0.29) is 23.9 Å². The molecule has 0 heterocycles. The van der Waals surface area contributed by atoms with Crippen LogP contribution in [0.5, 0.6) is 11.5 Å². The molecule has 0 spiro atoms. The number of nitro groups is 1. The summed E-state index contributed by atoms with van der Waals surface area (Å²) in [5.74, 6) is 0.693. The van der Waals surface area contributed by atoms with Crippen molar-refractivity contribution in [2.45, 2.75) is 44.8 Å². The summed E-state index contributed by atoms with van der Waals surface area (Å²) in [7, 11) is 1.44. The summed E-state index contributed by atoms with van der Waals surface area (Å²) in [6.45, 7) is 0.261. The van der Waals surface area contributed by atoms with Crippen molar-refractivity contribution >= 4 is 11.6 Å². The molecule has 0 unspecified atom stereocenters. The molecule has 0 aliphatic heterocycles. The van der Waals surface area contributed by atoms with Gasteiger partial charge in [-0.1, -0.05) is 18.6 Å². The molecular formula is C21H24N2O5. The highest BCUT2D eigenvalue weighted by molar-refractivity contribution is 5.98. The fraction of sp³-hybridized carbons (Fsp3) is 0.381. The molecule has 1 amide bonds. The van der Waals surface area contributed by atoms with Gasteiger partial charge < -0.3 is 14.8 Å². The van der Waals surface area contributed by atoms with Crippen molar-refractivity contribution in [1.82, 2.24) is 5.32 Å². The zero-order valence-electron chi connectivity index (χ0n) is 15.8. The lowest BCUT2D eigenvalue weighted by Crippen LogP contribution is -2.23. The van der Waals surface area contributed by atoms with Gasteiger partial charge in [-0.25, -0.2) is 0 Å². The average molecular weight is 384 g/mol. The van der Waals surface area contributed by atoms with Crippen molar-refractivity contribution in [3.63, 3.8) is 0 Å². The minimum Gasteiger partial charge on any atom is -0.497 e. The van der Waals surface area contributed by atoms with E-state index >= 15 is 0 Å². The van der Waals surface area contributed by atoms with Gasteiger partial charge in [0.25, 0.3) is 11.6 Å². The minimum atomic E-state index is -0.578. The van der Waals surface area contributed by atoms with E-state index in [4.69, 9.17) is 9.47 Å². The fourth-order valence-electron chi connectivity index (χ4n) is 3.32. The molecule has 1 aliphatic carbocycles. The van der Waals surface area contributed by atoms with Gasteiger partial charge in [0.15, 0.2) is 0 Å². The number of methoxy groups -OCH3 is 1. The number of nitro benzene ring substituents is 1. The second-order valence-corrected chi connectivity index (χ2v) is 6.84. The first kappa shape index (κ1) is 19.7. The quantitative estimate of drug-likeness (QED) is 0.569. The highest BCUT2D eigenvalue weighted by Gasteiger charge is 2.21. The van der Waals surface area contributed by atoms with Crippen molar-refractivity contribution in [3.8, 4) is 11.5 Å². The Hall–Kier alpha value is -3.09. The van der Waals surface area contributed by atoms with Gasteiger partial charge in [0.1, 0.15) is 17.1 Å². The SMILES string of the molecule is COc1ccc([N+](=O)[O-])c(C(=O)NCc2ccc(OC3CCCCC3)cc2)c1. The fourth-order valence-corrected chi connectivity index (χ4v) is 3.32. The van der Waals surface area contributed by atoms with Crippen LogP contribution in [0.25, 0.3) is 0 Å². The summed E-state index contributed by atoms with van der Waals surface area (Å²) >= 11 is 0. The second kappa shape index (κ2) is 9.21. The Bertz CT molecular complexity index is 829. The smallest absolute Gasteiger partial charge is 0.282 e. The molecule has 1 N–H and O–H groups in total. The number of amides is 1. The van der Waals surface area contributed by atoms with Crippen LogP contribution < -0.4 is 14.8 Å². The Kier molecular flexibility index (Phi) is 6.47. The second-order valence-electron chi connectivity index (χ2n) is 6.84. The summed E-state index contributed by atoms with van der Waals surface area (Å²) in [6, 6.07) is 11.7. The molecule has 1 fully saturated rings. The van der Waals surface area contributed by atoms with Crippen LogP contribution in [0.1, 0.15) is 48.0 Å². The van der Waals surface area contributed by atoms with Crippen LogP contribution in [0.15, 0.2) is 42.5 Å². The lowest BCUT2D eigenvalue weighted by Gasteiger charge is -2.23. The van der Waals surface area contributed by atoms with Crippen LogP contribution in [0, 0.1) is 10.1 Å². The average Bonchev–Trinajstić information content (AvgIpc) is 2.73. The summed E-state index contributed by atoms with van der Waals surface area (Å²) in [4.78, 5) is 23.0. The van der Waals surface area contributed by atoms with Gasteiger partial charge in [-0.15, -0.1) is 0 Å². The molecule has 1 saturated carbocycles. The Morgan fingerprint density at radius 2 is 1.79 bits per heavy atom. The summed E-state index contributed by atoms with van der Waals surface area (Å²) in [5.41, 5.74) is 0.603. The van der Waals surface area contributed by atoms with Crippen molar-refractivity contribution in [2.75, 3.05) is 7.11 Å². The van der Waals surface area contributed by atoms with E-state index in [0.29, 0.717) is 5.75 Å². The van der Waals surface area contributed by atoms with E-state index in [1.807, 2.05) is 24.3 Å². The number of hydrogen-bond acceptors (Lipinski definition) is 5. The van der Waals surface area contributed by atoms with Gasteiger partial charge in [0, 0.05) is 12.6 Å². The van der Waals surface area contributed by atoms with Gasteiger partial charge in [-0.2, -0.15) is 0 Å². The van der Waals surface area contributed by atoms with Crippen LogP contribution in [-0.2, 0) is 6.54 Å². The number of hydrogen-bond donors (Lipinski definition) is 1. The van der Waals surface area contributed by atoms with Crippen LogP contribution in [0.4, 0.5) is 5.69 Å². The van der Waals surface area contributed by atoms with E-state index in [1.54, 1.807) is 0 Å². The topological polar surface area (TPSA) is 90.7 Å². The molecule has 0 aromatic heterocycles. The predicted molar refractivity (Wildman–Crippen MR) is 105 cm³/mol. The Balaban J connectivity index is 1.60. The zero-order chi connectivity index (χ0) is 19.9. The first-order valence-corrected chi connectivity index (χ1v) is 9.43. The molecule has 3 rings (SSSR count). The number of nitrogens with one attached hydrogen (secondary N) is 1. The van der Waals surface area contributed by atoms with Crippen molar-refractivity contribution < 1.29 is 19.2 Å². The summed E-state index contributed by atoms with van der Waals surface area (Å²) < 4.78 is 11.1. The molecule has 2 aromatic carbocycles. The zero-order valence-corrected chi connectivity index (χ0v) is 15.8. The first-order valence-electron chi connectivity index (χ1n) is 9.43. The molecule has 28 heavy (non-hydrogen) atoms. The van der Waals surface area contributed by atoms with E-state index in [2.05, 4.69) is 5.32 Å². The number of nitrogens with zero attached hydrogens (tertiary/aromatic N) is 1. The minimum absolute atomic E-state index is 0.0263. The van der Waals surface area contributed by atoms with E-state index in [0.717, 1.165) is 24.2 Å². The van der Waals surface area contributed by atoms with Crippen molar-refractivity contribution in [2.24, 2.45) is 0 Å². The Morgan fingerprint density at radius 3 is 2.43 bits per heavy atom. The maximum Gasteiger partial charge on any atom is 0.282 e. The first-order chi connectivity index (χ1) is 13.6. The maximum atomic E-state index is 12.4. The standard InChI is InChI=1S/C21H24N2O5/c1-27-18-11-12-20(23(25)26)19(13-18)21(24)22-14-15-7-9-17(10-8-15)28-16-5-3-2-4-6-16/h7-13,16H,2-6,14H2,1H3,(H,22,24). The number of rotatable bonds is 7. The van der Waals surface area contributed by atoms with Gasteiger partial charge in [-0.05, 0) is 55.5 Å². The number of benzene rings is 2. The Labute approximate surface area is 163 Å². The molecule has 0 saturated heterocycles. The largest absolute Gasteiger partial charge is 0.497 e. The van der Waals surface area contributed by atoms with Gasteiger partial charge in [0.05, 0.1) is 18.1 Å². The summed E-state index contributed by atoms with van der Waals surface area (Å²) in [5, 5.41) is 13.9. The molecule has 1 aliphatic rings. The molecule has 0 bridgehead atoms. The molecule has 7 nitrogen and oxygen atoms in total. The van der Waals surface area contributed by atoms with Crippen molar-refractivity contribution in [3.05, 3.63) is 63.7 Å². The molecule has 0 atom stereocenters. The highest BCUT2D eigenvalue weighted by atomic mass is 16.6. The molecule has 7 heteroatoms. The van der Waals surface area contributed by atoms with Crippen molar-refractivity contribution in [1.29, 1.82) is 0 Å². The third kappa shape index (κ3) is 5.00. The van der Waals surface area contributed by atoms with Crippen LogP contribution in [0.2, 0.25) is 0 Å². The summed E-state index contributed by atoms with van der Waals surface area (Å²) in [6.07, 6.45) is 6.18. The third-order valence-corrected chi connectivity index (χ3v) is 4.88. The van der Waals surface area contributed by atoms with E-state index < -0.39 is 10.8 Å². The lowest BCUT2D eigenvalue weighted by molar-refractivity contribution is -0.385. The molecule has 148 valence electrons. The monoisotopic (exact) mass is 384 g/mol. The normalized spacial score (nSPS) is 14.3. The molecule has 0 radical (unpaired) electrons. The number of carbonyl (C=O) groups is 1. The number of carbonyl (C=O) groups excluding carboxylic acids is 1. The van der Waals surface area contributed by atoms with Gasteiger partial charge >= 0.3 is 0 Å². The molecule has 2 aromatic rings. The maximum absolute atomic E-state index is 12.4. The number of ether oxygens (including phenoxy) is 2. The lowest BCUT2D eigenvalue weighted by atomic mass is 9.98. The van der Waals surface area contributed by atoms with Crippen LogP contribution in [0.3, 0.4) is 0 Å². The van der Waals surface area contributed by atoms with Gasteiger partial charge in [-0.3, -0.25) is 14.9 Å². The van der Waals surface area contributed by atoms with Gasteiger partial charge in [0.2, 0.25) is 0 Å². The predicted octanol–water partition coefficient (Wildman–Crippen LogP) is 4.24. The van der Waals surface area contributed by atoms with Crippen LogP contribution in [-0.4, -0.2) is 24.0 Å².